The van der Waals surface area contributed by atoms with Crippen molar-refractivity contribution in [2.24, 2.45) is 0 Å². The first-order chi connectivity index (χ1) is 13.4. The normalized spacial score (nSPS) is 11.4. The van der Waals surface area contributed by atoms with Crippen LogP contribution < -0.4 is 0 Å². The second-order valence-corrected chi connectivity index (χ2v) is 8.21. The number of hydrogen-bond acceptors (Lipinski definition) is 4. The number of carbonyl (C=O) groups is 1. The third kappa shape index (κ3) is 4.22. The minimum absolute atomic E-state index is 0.139. The first kappa shape index (κ1) is 20.4. The monoisotopic (exact) mass is 396 g/mol. The minimum atomic E-state index is 0.139. The predicted octanol–water partition coefficient (Wildman–Crippen LogP) is 4.86. The van der Waals surface area contributed by atoms with E-state index in [9.17, 15) is 4.79 Å². The van der Waals surface area contributed by atoms with Crippen LogP contribution in [0.25, 0.3) is 0 Å². The molecule has 0 aliphatic heterocycles. The largest absolute Gasteiger partial charge is 0.346 e. The minimum Gasteiger partial charge on any atom is -0.346 e. The summed E-state index contributed by atoms with van der Waals surface area (Å²) in [4.78, 5) is 12.8. The first-order valence-corrected chi connectivity index (χ1v) is 10.7. The van der Waals surface area contributed by atoms with Gasteiger partial charge in [-0.15, -0.1) is 10.2 Å². The van der Waals surface area contributed by atoms with Crippen LogP contribution >= 0.6 is 11.8 Å². The highest BCUT2D eigenvalue weighted by atomic mass is 32.2. The van der Waals surface area contributed by atoms with Gasteiger partial charge in [-0.25, -0.2) is 0 Å². The average molecular weight is 397 g/mol. The summed E-state index contributed by atoms with van der Waals surface area (Å²) in [5, 5.41) is 9.51. The maximum absolute atomic E-state index is 12.8. The highest BCUT2D eigenvalue weighted by Gasteiger charge is 2.19. The van der Waals surface area contributed by atoms with E-state index >= 15 is 0 Å². The molecule has 3 rings (SSSR count). The van der Waals surface area contributed by atoms with Crippen LogP contribution in [0.15, 0.2) is 41.6 Å². The highest BCUT2D eigenvalue weighted by Crippen LogP contribution is 2.24. The summed E-state index contributed by atoms with van der Waals surface area (Å²) in [5.74, 6) is 1.44. The summed E-state index contributed by atoms with van der Waals surface area (Å²) >= 11 is 1.47. The Morgan fingerprint density at radius 1 is 1.14 bits per heavy atom. The van der Waals surface area contributed by atoms with E-state index in [0.29, 0.717) is 11.8 Å². The van der Waals surface area contributed by atoms with Crippen molar-refractivity contribution in [2.45, 2.75) is 58.8 Å². The molecule has 0 saturated heterocycles. The number of aromatic nitrogens is 4. The molecule has 0 N–H and O–H groups in total. The molecule has 0 aliphatic rings. The molecule has 5 nitrogen and oxygen atoms in total. The van der Waals surface area contributed by atoms with Crippen molar-refractivity contribution < 1.29 is 4.79 Å². The molecule has 0 radical (unpaired) electrons. The second-order valence-electron chi connectivity index (χ2n) is 7.27. The van der Waals surface area contributed by atoms with Crippen molar-refractivity contribution in [2.75, 3.05) is 5.75 Å². The van der Waals surface area contributed by atoms with E-state index in [1.807, 2.05) is 31.2 Å². The Balaban J connectivity index is 1.73. The highest BCUT2D eigenvalue weighted by molar-refractivity contribution is 7.99. The van der Waals surface area contributed by atoms with Crippen LogP contribution in [-0.2, 0) is 13.0 Å². The lowest BCUT2D eigenvalue weighted by Gasteiger charge is -2.13. The molecular formula is C22H28N4OS. The third-order valence-corrected chi connectivity index (χ3v) is 5.92. The van der Waals surface area contributed by atoms with Crippen molar-refractivity contribution in [3.8, 4) is 0 Å². The van der Waals surface area contributed by atoms with Gasteiger partial charge in [-0.2, -0.15) is 0 Å². The van der Waals surface area contributed by atoms with Gasteiger partial charge in [-0.1, -0.05) is 42.1 Å². The van der Waals surface area contributed by atoms with Crippen LogP contribution in [-0.4, -0.2) is 30.9 Å². The Kier molecular flexibility index (Phi) is 6.39. The molecule has 0 amide bonds. The van der Waals surface area contributed by atoms with Crippen molar-refractivity contribution in [1.82, 2.24) is 19.3 Å². The second kappa shape index (κ2) is 8.78. The molecule has 3 aromatic rings. The molecule has 0 bridgehead atoms. The molecule has 0 fully saturated rings. The van der Waals surface area contributed by atoms with Crippen LogP contribution in [0.5, 0.6) is 0 Å². The van der Waals surface area contributed by atoms with Crippen LogP contribution in [0.1, 0.15) is 59.9 Å². The van der Waals surface area contributed by atoms with Gasteiger partial charge in [0.2, 0.25) is 0 Å². The third-order valence-electron chi connectivity index (χ3n) is 4.95. The molecule has 6 heteroatoms. The van der Waals surface area contributed by atoms with Gasteiger partial charge < -0.3 is 9.13 Å². The molecular weight excluding hydrogens is 368 g/mol. The summed E-state index contributed by atoms with van der Waals surface area (Å²) in [6, 6.07) is 12.6. The summed E-state index contributed by atoms with van der Waals surface area (Å²) < 4.78 is 4.31. The average Bonchev–Trinajstić information content (AvgIpc) is 3.20. The zero-order valence-electron chi connectivity index (χ0n) is 17.3. The lowest BCUT2D eigenvalue weighted by molar-refractivity contribution is 0.102. The van der Waals surface area contributed by atoms with Crippen LogP contribution in [0.3, 0.4) is 0 Å². The van der Waals surface area contributed by atoms with E-state index < -0.39 is 0 Å². The maximum atomic E-state index is 12.8. The van der Waals surface area contributed by atoms with Crippen LogP contribution in [0.4, 0.5) is 0 Å². The molecule has 0 aliphatic carbocycles. The Hall–Kier alpha value is -2.34. The van der Waals surface area contributed by atoms with E-state index in [0.717, 1.165) is 40.9 Å². The van der Waals surface area contributed by atoms with Gasteiger partial charge in [-0.05, 0) is 46.2 Å². The van der Waals surface area contributed by atoms with Crippen molar-refractivity contribution in [3.05, 3.63) is 64.7 Å². The quantitative estimate of drug-likeness (QED) is 0.403. The van der Waals surface area contributed by atoms with Gasteiger partial charge in [-0.3, -0.25) is 4.79 Å². The number of ketones is 1. The fourth-order valence-electron chi connectivity index (χ4n) is 3.71. The smallest absolute Gasteiger partial charge is 0.191 e. The number of aryl methyl sites for hydroxylation is 1. The van der Waals surface area contributed by atoms with Gasteiger partial charge in [0.25, 0.3) is 0 Å². The fraction of sp³-hybridized carbons (Fsp3) is 0.409. The number of carbonyl (C=O) groups excluding carboxylic acids is 1. The lowest BCUT2D eigenvalue weighted by Crippen LogP contribution is -2.09. The summed E-state index contributed by atoms with van der Waals surface area (Å²) in [5.41, 5.74) is 4.19. The summed E-state index contributed by atoms with van der Waals surface area (Å²) in [7, 11) is 0. The molecule has 0 spiro atoms. The van der Waals surface area contributed by atoms with E-state index in [2.05, 4.69) is 59.2 Å². The van der Waals surface area contributed by atoms with E-state index in [1.54, 1.807) is 0 Å². The Labute approximate surface area is 171 Å². The van der Waals surface area contributed by atoms with Crippen molar-refractivity contribution in [3.63, 3.8) is 0 Å². The lowest BCUT2D eigenvalue weighted by atomic mass is 10.1. The van der Waals surface area contributed by atoms with Gasteiger partial charge >= 0.3 is 0 Å². The number of rotatable bonds is 8. The number of nitrogens with zero attached hydrogens (tertiary/aromatic N) is 4. The molecule has 0 unspecified atom stereocenters. The van der Waals surface area contributed by atoms with E-state index in [-0.39, 0.29) is 5.78 Å². The molecule has 2 heterocycles. The Morgan fingerprint density at radius 3 is 2.46 bits per heavy atom. The summed E-state index contributed by atoms with van der Waals surface area (Å²) in [6.07, 6.45) is 0.742. The standard InChI is InChI=1S/C22H28N4OS/c1-6-25-21(13-18-10-8-7-9-11-18)23-24-22(25)28-14-20(27)19-12-16(4)26(15(2)3)17(19)5/h7-12,15H,6,13-14H2,1-5H3. The number of hydrogen-bond donors (Lipinski definition) is 0. The van der Waals surface area contributed by atoms with E-state index in [1.165, 1.54) is 17.3 Å². The SMILES string of the molecule is CCn1c(Cc2ccccc2)nnc1SCC(=O)c1cc(C)n(C(C)C)c1C. The summed E-state index contributed by atoms with van der Waals surface area (Å²) in [6.45, 7) is 11.2. The van der Waals surface area contributed by atoms with Gasteiger partial charge in [0, 0.05) is 36.0 Å². The molecule has 0 saturated carbocycles. The fourth-order valence-corrected chi connectivity index (χ4v) is 4.62. The van der Waals surface area contributed by atoms with E-state index in [4.69, 9.17) is 0 Å². The molecule has 2 aromatic heterocycles. The topological polar surface area (TPSA) is 52.7 Å². The number of benzene rings is 1. The van der Waals surface area contributed by atoms with Crippen molar-refractivity contribution in [1.29, 1.82) is 0 Å². The predicted molar refractivity (Wildman–Crippen MR) is 114 cm³/mol. The molecule has 0 atom stereocenters. The molecule has 148 valence electrons. The van der Waals surface area contributed by atoms with Gasteiger partial charge in [0.15, 0.2) is 10.9 Å². The number of Topliss-reactive ketones (excluding diaryl/α,β-unsaturated/α-hetero) is 1. The Bertz CT molecular complexity index is 957. The first-order valence-electron chi connectivity index (χ1n) is 9.72. The number of thioether (sulfide) groups is 1. The molecule has 1 aromatic carbocycles. The zero-order valence-corrected chi connectivity index (χ0v) is 18.1. The zero-order chi connectivity index (χ0) is 20.3. The molecule has 28 heavy (non-hydrogen) atoms. The van der Waals surface area contributed by atoms with Crippen LogP contribution in [0.2, 0.25) is 0 Å². The van der Waals surface area contributed by atoms with Gasteiger partial charge in [0.05, 0.1) is 5.75 Å². The maximum Gasteiger partial charge on any atom is 0.191 e. The van der Waals surface area contributed by atoms with Crippen LogP contribution in [0, 0.1) is 13.8 Å². The van der Waals surface area contributed by atoms with Crippen molar-refractivity contribution >= 4 is 17.5 Å². The Morgan fingerprint density at radius 2 is 1.86 bits per heavy atom. The van der Waals surface area contributed by atoms with Gasteiger partial charge in [0.1, 0.15) is 5.82 Å².